The summed E-state index contributed by atoms with van der Waals surface area (Å²) in [6.45, 7) is 3.84. The summed E-state index contributed by atoms with van der Waals surface area (Å²) in [4.78, 5) is 24.4. The Balaban J connectivity index is 2.11. The first-order valence-corrected chi connectivity index (χ1v) is 20.2. The number of hydrogen-bond acceptors (Lipinski definition) is 8. The van der Waals surface area contributed by atoms with Crippen molar-refractivity contribution in [2.45, 2.75) is 199 Å². The number of carbonyl (C=O) groups excluding carboxylic acids is 2. The lowest BCUT2D eigenvalue weighted by atomic mass is 9.89. The minimum Gasteiger partial charge on any atom is -0.462 e. The van der Waals surface area contributed by atoms with E-state index in [1.54, 1.807) is 6.08 Å². The normalized spacial score (nSPS) is 20.7. The van der Waals surface area contributed by atoms with Crippen LogP contribution in [0, 0.1) is 11.8 Å². The third-order valence-electron chi connectivity index (χ3n) is 9.82. The molecule has 0 bridgehead atoms. The molecular weight excluding hydrogens is 620 g/mol. The van der Waals surface area contributed by atoms with Crippen molar-refractivity contribution in [3.8, 4) is 0 Å². The lowest BCUT2D eigenvalue weighted by Crippen LogP contribution is -2.28. The molecule has 0 unspecified atom stereocenters. The SMILES string of the molecule is CCCCCCCCCCCCCCCCCC(=O)O[C@@H](CO)COC(=O)CCC/C=C/C[C@@H]1[C@@H](/C=C/[C@@H](O)CCCCC)[C@H](O)C[C@@H]1O. The van der Waals surface area contributed by atoms with Gasteiger partial charge in [0.05, 0.1) is 24.9 Å². The van der Waals surface area contributed by atoms with E-state index in [4.69, 9.17) is 9.47 Å². The summed E-state index contributed by atoms with van der Waals surface area (Å²) < 4.78 is 10.6. The van der Waals surface area contributed by atoms with Crippen LogP contribution in [0.1, 0.15) is 174 Å². The highest BCUT2D eigenvalue weighted by atomic mass is 16.6. The summed E-state index contributed by atoms with van der Waals surface area (Å²) in [5.74, 6) is -1.08. The van der Waals surface area contributed by atoms with Gasteiger partial charge in [-0.1, -0.05) is 147 Å². The van der Waals surface area contributed by atoms with E-state index < -0.39 is 37.0 Å². The van der Waals surface area contributed by atoms with Crippen molar-refractivity contribution in [3.63, 3.8) is 0 Å². The van der Waals surface area contributed by atoms with Crippen LogP contribution >= 0.6 is 0 Å². The molecule has 1 fully saturated rings. The molecule has 0 spiro atoms. The number of aliphatic hydroxyl groups excluding tert-OH is 4. The van der Waals surface area contributed by atoms with Gasteiger partial charge in [0.25, 0.3) is 0 Å². The van der Waals surface area contributed by atoms with Gasteiger partial charge in [-0.15, -0.1) is 0 Å². The average molecular weight is 695 g/mol. The number of allylic oxidation sites excluding steroid dienone is 2. The second-order valence-electron chi connectivity index (χ2n) is 14.3. The predicted molar refractivity (Wildman–Crippen MR) is 198 cm³/mol. The molecule has 1 aliphatic rings. The van der Waals surface area contributed by atoms with Crippen LogP contribution in [0.4, 0.5) is 0 Å². The van der Waals surface area contributed by atoms with E-state index >= 15 is 0 Å². The average Bonchev–Trinajstić information content (AvgIpc) is 3.36. The largest absolute Gasteiger partial charge is 0.462 e. The highest BCUT2D eigenvalue weighted by Gasteiger charge is 2.39. The molecule has 8 nitrogen and oxygen atoms in total. The van der Waals surface area contributed by atoms with Crippen molar-refractivity contribution >= 4 is 11.9 Å². The van der Waals surface area contributed by atoms with E-state index in [-0.39, 0.29) is 30.8 Å². The fraction of sp³-hybridized carbons (Fsp3) is 0.854. The van der Waals surface area contributed by atoms with Gasteiger partial charge in [0, 0.05) is 25.2 Å². The second kappa shape index (κ2) is 31.0. The molecule has 0 aromatic heterocycles. The quantitative estimate of drug-likeness (QED) is 0.0312. The molecule has 286 valence electrons. The molecule has 0 saturated heterocycles. The lowest BCUT2D eigenvalue weighted by Gasteiger charge is -2.19. The maximum Gasteiger partial charge on any atom is 0.306 e. The summed E-state index contributed by atoms with van der Waals surface area (Å²) in [6, 6.07) is 0. The number of aliphatic hydroxyl groups is 4. The van der Waals surface area contributed by atoms with E-state index in [9.17, 15) is 30.0 Å². The van der Waals surface area contributed by atoms with Crippen molar-refractivity contribution in [1.29, 1.82) is 0 Å². The van der Waals surface area contributed by atoms with Crippen LogP contribution < -0.4 is 0 Å². The van der Waals surface area contributed by atoms with Gasteiger partial charge in [0.2, 0.25) is 0 Å². The molecule has 4 N–H and O–H groups in total. The van der Waals surface area contributed by atoms with Gasteiger partial charge in [-0.2, -0.15) is 0 Å². The van der Waals surface area contributed by atoms with Gasteiger partial charge in [-0.3, -0.25) is 9.59 Å². The Hall–Kier alpha value is -1.74. The molecule has 1 aliphatic carbocycles. The molecule has 1 saturated carbocycles. The molecule has 0 aliphatic heterocycles. The Kier molecular flexibility index (Phi) is 28.7. The summed E-state index contributed by atoms with van der Waals surface area (Å²) in [5, 5.41) is 40.7. The van der Waals surface area contributed by atoms with Crippen LogP contribution in [0.15, 0.2) is 24.3 Å². The zero-order valence-electron chi connectivity index (χ0n) is 31.3. The van der Waals surface area contributed by atoms with Crippen LogP contribution in [-0.4, -0.2) is 70.0 Å². The van der Waals surface area contributed by atoms with E-state index in [1.165, 1.54) is 77.0 Å². The number of rotatable bonds is 32. The monoisotopic (exact) mass is 695 g/mol. The molecule has 0 aromatic rings. The zero-order chi connectivity index (χ0) is 36.0. The first kappa shape index (κ1) is 45.3. The molecule has 1 rings (SSSR count). The van der Waals surface area contributed by atoms with E-state index in [0.29, 0.717) is 38.5 Å². The van der Waals surface area contributed by atoms with Gasteiger partial charge < -0.3 is 29.9 Å². The van der Waals surface area contributed by atoms with Gasteiger partial charge >= 0.3 is 11.9 Å². The van der Waals surface area contributed by atoms with Gasteiger partial charge in [0.1, 0.15) is 6.61 Å². The van der Waals surface area contributed by atoms with Crippen LogP contribution in [0.5, 0.6) is 0 Å². The summed E-state index contributed by atoms with van der Waals surface area (Å²) in [7, 11) is 0. The Morgan fingerprint density at radius 1 is 0.714 bits per heavy atom. The van der Waals surface area contributed by atoms with Crippen molar-refractivity contribution in [2.75, 3.05) is 13.2 Å². The van der Waals surface area contributed by atoms with E-state index in [1.807, 2.05) is 18.2 Å². The van der Waals surface area contributed by atoms with Gasteiger partial charge in [0.15, 0.2) is 6.10 Å². The number of ether oxygens (including phenoxy) is 2. The Morgan fingerprint density at radius 3 is 1.86 bits per heavy atom. The van der Waals surface area contributed by atoms with Gasteiger partial charge in [-0.05, 0) is 38.0 Å². The topological polar surface area (TPSA) is 134 Å². The predicted octanol–water partition coefficient (Wildman–Crippen LogP) is 8.67. The summed E-state index contributed by atoms with van der Waals surface area (Å²) in [6.07, 6.45) is 30.4. The van der Waals surface area contributed by atoms with Gasteiger partial charge in [-0.25, -0.2) is 0 Å². The number of esters is 2. The molecule has 0 radical (unpaired) electrons. The lowest BCUT2D eigenvalue weighted by molar-refractivity contribution is -0.161. The number of hydrogen-bond donors (Lipinski definition) is 4. The number of unbranched alkanes of at least 4 members (excludes halogenated alkanes) is 17. The van der Waals surface area contributed by atoms with E-state index in [0.717, 1.165) is 38.5 Å². The minimum absolute atomic E-state index is 0.118. The Labute approximate surface area is 299 Å². The smallest absolute Gasteiger partial charge is 0.306 e. The maximum atomic E-state index is 12.2. The van der Waals surface area contributed by atoms with Crippen LogP contribution in [0.2, 0.25) is 0 Å². The molecule has 0 heterocycles. The van der Waals surface area contributed by atoms with Crippen LogP contribution in [0.3, 0.4) is 0 Å². The first-order valence-electron chi connectivity index (χ1n) is 20.2. The van der Waals surface area contributed by atoms with Crippen LogP contribution in [0.25, 0.3) is 0 Å². The standard InChI is InChI=1S/C41H74O8/c1-3-5-7-8-9-10-11-12-13-14-15-16-17-18-24-28-41(47)49-35(32-42)33-48-40(46)27-23-20-19-22-26-36-37(39(45)31-38(36)44)30-29-34(43)25-21-6-4-2/h19,22,29-30,34-39,42-45H,3-18,20-21,23-28,31-33H2,1-2H3/b22-19+,30-29+/t34-,35-,36+,37+,38-,39+/m0/s1. The van der Waals surface area contributed by atoms with E-state index in [2.05, 4.69) is 13.8 Å². The zero-order valence-corrected chi connectivity index (χ0v) is 31.3. The third-order valence-corrected chi connectivity index (χ3v) is 9.82. The molecule has 0 aromatic carbocycles. The second-order valence-corrected chi connectivity index (χ2v) is 14.3. The Morgan fingerprint density at radius 2 is 1.27 bits per heavy atom. The van der Waals surface area contributed by atoms with Crippen molar-refractivity contribution < 1.29 is 39.5 Å². The molecule has 49 heavy (non-hydrogen) atoms. The highest BCUT2D eigenvalue weighted by Crippen LogP contribution is 2.36. The minimum atomic E-state index is -0.847. The van der Waals surface area contributed by atoms with Crippen molar-refractivity contribution in [2.24, 2.45) is 11.8 Å². The number of carbonyl (C=O) groups is 2. The Bertz CT molecular complexity index is 858. The summed E-state index contributed by atoms with van der Waals surface area (Å²) in [5.41, 5.74) is 0. The molecule has 6 atom stereocenters. The maximum absolute atomic E-state index is 12.2. The first-order chi connectivity index (χ1) is 23.8. The van der Waals surface area contributed by atoms with Crippen LogP contribution in [-0.2, 0) is 19.1 Å². The third kappa shape index (κ3) is 24.1. The molecular formula is C41H74O8. The van der Waals surface area contributed by atoms with Crippen molar-refractivity contribution in [1.82, 2.24) is 0 Å². The van der Waals surface area contributed by atoms with Crippen molar-refractivity contribution in [3.05, 3.63) is 24.3 Å². The summed E-state index contributed by atoms with van der Waals surface area (Å²) >= 11 is 0. The molecule has 8 heteroatoms. The fourth-order valence-electron chi connectivity index (χ4n) is 6.67. The molecule has 0 amide bonds. The fourth-order valence-corrected chi connectivity index (χ4v) is 6.67. The highest BCUT2D eigenvalue weighted by molar-refractivity contribution is 5.70.